The average molecular weight is 334 g/mol. The van der Waals surface area contributed by atoms with Gasteiger partial charge in [-0.3, -0.25) is 25.2 Å². The number of nitrogens with zero attached hydrogens (tertiary/aromatic N) is 4. The van der Waals surface area contributed by atoms with Crippen molar-refractivity contribution in [3.05, 3.63) is 66.0 Å². The second-order valence-corrected chi connectivity index (χ2v) is 5.58. The maximum Gasteiger partial charge on any atom is 0.259 e. The molecule has 0 aliphatic carbocycles. The quantitative estimate of drug-likeness (QED) is 0.761. The van der Waals surface area contributed by atoms with Crippen LogP contribution in [0.1, 0.15) is 28.4 Å². The first-order valence-corrected chi connectivity index (χ1v) is 7.73. The Morgan fingerprint density at radius 3 is 2.80 bits per heavy atom. The Kier molecular flexibility index (Phi) is 3.70. The van der Waals surface area contributed by atoms with E-state index in [2.05, 4.69) is 25.7 Å². The van der Waals surface area contributed by atoms with E-state index < -0.39 is 0 Å². The zero-order valence-electron chi connectivity index (χ0n) is 13.1. The zero-order chi connectivity index (χ0) is 17.2. The molecule has 1 aliphatic rings. The Morgan fingerprint density at radius 2 is 2.04 bits per heavy atom. The molecular weight excluding hydrogens is 320 g/mol. The van der Waals surface area contributed by atoms with Crippen LogP contribution >= 0.6 is 0 Å². The molecule has 2 amide bonds. The van der Waals surface area contributed by atoms with Crippen LogP contribution in [0.3, 0.4) is 0 Å². The van der Waals surface area contributed by atoms with Crippen LogP contribution < -0.4 is 10.6 Å². The fraction of sp³-hybridized carbons (Fsp3) is 0.118. The van der Waals surface area contributed by atoms with Crippen LogP contribution in [0.2, 0.25) is 0 Å². The van der Waals surface area contributed by atoms with Crippen molar-refractivity contribution in [2.45, 2.75) is 12.5 Å². The molecule has 0 unspecified atom stereocenters. The Morgan fingerprint density at radius 1 is 1.20 bits per heavy atom. The Balaban J connectivity index is 1.63. The van der Waals surface area contributed by atoms with E-state index in [9.17, 15) is 9.59 Å². The van der Waals surface area contributed by atoms with Gasteiger partial charge in [0.2, 0.25) is 11.9 Å². The molecule has 0 fully saturated rings. The van der Waals surface area contributed by atoms with Crippen molar-refractivity contribution < 1.29 is 9.59 Å². The lowest BCUT2D eigenvalue weighted by Gasteiger charge is -2.23. The van der Waals surface area contributed by atoms with Gasteiger partial charge in [0.15, 0.2) is 0 Å². The topological polar surface area (TPSA) is 102 Å². The first-order valence-electron chi connectivity index (χ1n) is 7.73. The molecule has 0 spiro atoms. The largest absolute Gasteiger partial charge is 0.295 e. The lowest BCUT2D eigenvalue weighted by molar-refractivity contribution is -0.117. The summed E-state index contributed by atoms with van der Waals surface area (Å²) in [6.07, 6.45) is 3.31. The summed E-state index contributed by atoms with van der Waals surface area (Å²) in [6, 6.07) is 12.6. The Hall–Kier alpha value is -3.55. The monoisotopic (exact) mass is 334 g/mol. The average Bonchev–Trinajstić information content (AvgIpc) is 3.04. The molecule has 1 aromatic carbocycles. The number of amides is 2. The molecule has 8 nitrogen and oxygen atoms in total. The van der Waals surface area contributed by atoms with Gasteiger partial charge in [0.1, 0.15) is 0 Å². The van der Waals surface area contributed by atoms with Crippen LogP contribution in [-0.2, 0) is 4.79 Å². The third kappa shape index (κ3) is 2.97. The highest BCUT2D eigenvalue weighted by atomic mass is 16.2. The van der Waals surface area contributed by atoms with Gasteiger partial charge >= 0.3 is 0 Å². The van der Waals surface area contributed by atoms with Gasteiger partial charge in [-0.2, -0.15) is 4.98 Å². The lowest BCUT2D eigenvalue weighted by atomic mass is 10.0. The van der Waals surface area contributed by atoms with E-state index in [-0.39, 0.29) is 30.2 Å². The van der Waals surface area contributed by atoms with Crippen LogP contribution in [0.15, 0.2) is 54.9 Å². The molecule has 124 valence electrons. The van der Waals surface area contributed by atoms with E-state index in [1.807, 2.05) is 30.3 Å². The first-order chi connectivity index (χ1) is 12.2. The first kappa shape index (κ1) is 15.0. The maximum absolute atomic E-state index is 12.2. The van der Waals surface area contributed by atoms with Crippen LogP contribution in [0.5, 0.6) is 0 Å². The molecule has 0 bridgehead atoms. The molecule has 25 heavy (non-hydrogen) atoms. The van der Waals surface area contributed by atoms with Crippen LogP contribution in [-0.4, -0.2) is 31.6 Å². The summed E-state index contributed by atoms with van der Waals surface area (Å²) in [6.45, 7) is 0. The van der Waals surface area contributed by atoms with Crippen molar-refractivity contribution in [3.8, 4) is 0 Å². The number of rotatable bonds is 3. The highest BCUT2D eigenvalue weighted by Crippen LogP contribution is 2.29. The molecule has 0 saturated carbocycles. The van der Waals surface area contributed by atoms with Crippen molar-refractivity contribution in [3.63, 3.8) is 0 Å². The second-order valence-electron chi connectivity index (χ2n) is 5.58. The third-order valence-corrected chi connectivity index (χ3v) is 3.89. The second kappa shape index (κ2) is 6.16. The Labute approximate surface area is 142 Å². The van der Waals surface area contributed by atoms with Gasteiger partial charge in [-0.1, -0.05) is 30.3 Å². The molecule has 1 atom stereocenters. The Bertz CT molecular complexity index is 923. The number of anilines is 2. The summed E-state index contributed by atoms with van der Waals surface area (Å²) in [4.78, 5) is 32.3. The van der Waals surface area contributed by atoms with Gasteiger partial charge < -0.3 is 0 Å². The van der Waals surface area contributed by atoms with E-state index in [1.54, 1.807) is 23.0 Å². The summed E-state index contributed by atoms with van der Waals surface area (Å²) in [7, 11) is 0. The van der Waals surface area contributed by atoms with E-state index in [0.717, 1.165) is 5.56 Å². The zero-order valence-corrected chi connectivity index (χ0v) is 13.1. The van der Waals surface area contributed by atoms with Gasteiger partial charge in [-0.15, -0.1) is 5.10 Å². The van der Waals surface area contributed by atoms with Gasteiger partial charge in [0.05, 0.1) is 18.0 Å². The number of nitrogens with one attached hydrogen (secondary N) is 2. The number of hydrogen-bond donors (Lipinski definition) is 2. The molecule has 3 heterocycles. The van der Waals surface area contributed by atoms with Crippen LogP contribution in [0, 0.1) is 0 Å². The number of carbonyl (C=O) groups excluding carboxylic acids is 2. The van der Waals surface area contributed by atoms with Crippen molar-refractivity contribution in [2.75, 3.05) is 10.6 Å². The highest BCUT2D eigenvalue weighted by molar-refractivity contribution is 6.03. The van der Waals surface area contributed by atoms with Crippen molar-refractivity contribution in [2.24, 2.45) is 0 Å². The number of pyridine rings is 1. The summed E-state index contributed by atoms with van der Waals surface area (Å²) < 4.78 is 1.62. The molecule has 0 saturated heterocycles. The van der Waals surface area contributed by atoms with Gasteiger partial charge in [-0.05, 0) is 17.7 Å². The minimum Gasteiger partial charge on any atom is -0.295 e. The van der Waals surface area contributed by atoms with Crippen LogP contribution in [0.25, 0.3) is 0 Å². The van der Waals surface area contributed by atoms with Crippen LogP contribution in [0.4, 0.5) is 11.9 Å². The van der Waals surface area contributed by atoms with E-state index in [0.29, 0.717) is 11.5 Å². The van der Waals surface area contributed by atoms with Gasteiger partial charge in [-0.25, -0.2) is 4.68 Å². The van der Waals surface area contributed by atoms with E-state index in [4.69, 9.17) is 0 Å². The molecule has 0 radical (unpaired) electrons. The highest BCUT2D eigenvalue weighted by Gasteiger charge is 2.29. The maximum atomic E-state index is 12.2. The normalized spacial score (nSPS) is 16.0. The summed E-state index contributed by atoms with van der Waals surface area (Å²) in [5.41, 5.74) is 1.35. The van der Waals surface area contributed by atoms with Gasteiger partial charge in [0, 0.05) is 12.4 Å². The minimum atomic E-state index is -0.362. The van der Waals surface area contributed by atoms with Crippen molar-refractivity contribution in [1.82, 2.24) is 19.7 Å². The lowest BCUT2D eigenvalue weighted by Crippen LogP contribution is -2.29. The van der Waals surface area contributed by atoms with Gasteiger partial charge in [0.25, 0.3) is 11.9 Å². The number of carbonyl (C=O) groups is 2. The number of hydrogen-bond acceptors (Lipinski definition) is 5. The predicted octanol–water partition coefficient (Wildman–Crippen LogP) is 1.86. The minimum absolute atomic E-state index is 0.131. The molecule has 4 rings (SSSR count). The molecule has 2 N–H and O–H groups in total. The molecule has 8 heteroatoms. The summed E-state index contributed by atoms with van der Waals surface area (Å²) in [5.74, 6) is -0.0592. The SMILES string of the molecule is O=C1C[C@H](c2ccccc2)n2nc(NC(=O)c3cccnc3)nc2N1. The van der Waals surface area contributed by atoms with E-state index >= 15 is 0 Å². The molecule has 1 aliphatic heterocycles. The fourth-order valence-electron chi connectivity index (χ4n) is 2.72. The predicted molar refractivity (Wildman–Crippen MR) is 90.0 cm³/mol. The molecular formula is C17H14N6O2. The number of benzene rings is 1. The van der Waals surface area contributed by atoms with Crippen molar-refractivity contribution >= 4 is 23.7 Å². The molecule has 3 aromatic rings. The molecule has 2 aromatic heterocycles. The fourth-order valence-corrected chi connectivity index (χ4v) is 2.72. The number of fused-ring (bicyclic) bond motifs is 1. The smallest absolute Gasteiger partial charge is 0.259 e. The van der Waals surface area contributed by atoms with Crippen molar-refractivity contribution in [1.29, 1.82) is 0 Å². The number of aromatic nitrogens is 4. The summed E-state index contributed by atoms with van der Waals surface area (Å²) in [5, 5.41) is 9.66. The van der Waals surface area contributed by atoms with E-state index in [1.165, 1.54) is 6.20 Å². The standard InChI is InChI=1S/C17H14N6O2/c24-14-9-13(11-5-2-1-3-6-11)23-17(19-14)21-16(22-23)20-15(25)12-7-4-8-18-10-12/h1-8,10,13H,9H2,(H2,19,20,21,22,24,25)/t13-/m1/s1. The third-order valence-electron chi connectivity index (χ3n) is 3.89. The summed E-state index contributed by atoms with van der Waals surface area (Å²) >= 11 is 0.